The first kappa shape index (κ1) is 24.6. The molecule has 0 spiro atoms. The molecule has 0 aliphatic carbocycles. The second-order valence-electron chi connectivity index (χ2n) is 8.62. The van der Waals surface area contributed by atoms with E-state index in [2.05, 4.69) is 6.58 Å². The predicted octanol–water partition coefficient (Wildman–Crippen LogP) is 6.26. The fraction of sp³-hybridized carbons (Fsp3) is 0.0968. The Balaban J connectivity index is 1.57. The van der Waals surface area contributed by atoms with E-state index in [0.717, 1.165) is 0 Å². The summed E-state index contributed by atoms with van der Waals surface area (Å²) in [5, 5.41) is 11.3. The van der Waals surface area contributed by atoms with Crippen LogP contribution in [0.1, 0.15) is 22.9 Å². The molecule has 0 radical (unpaired) electrons. The number of benzene rings is 3. The zero-order chi connectivity index (χ0) is 26.5. The van der Waals surface area contributed by atoms with Crippen LogP contribution >= 0.6 is 0 Å². The van der Waals surface area contributed by atoms with Crippen molar-refractivity contribution in [3.63, 3.8) is 0 Å². The maximum absolute atomic E-state index is 13.3. The third kappa shape index (κ3) is 5.08. The highest BCUT2D eigenvalue weighted by Crippen LogP contribution is 2.41. The molecular formula is C31H25NO6. The number of amides is 1. The summed E-state index contributed by atoms with van der Waals surface area (Å²) in [4.78, 5) is 28.0. The average molecular weight is 508 g/mol. The van der Waals surface area contributed by atoms with Crippen LogP contribution in [0.15, 0.2) is 120 Å². The monoisotopic (exact) mass is 507 g/mol. The molecular weight excluding hydrogens is 482 g/mol. The highest BCUT2D eigenvalue weighted by Gasteiger charge is 2.46. The lowest BCUT2D eigenvalue weighted by Gasteiger charge is -2.25. The molecule has 1 aromatic heterocycles. The first-order valence-corrected chi connectivity index (χ1v) is 12.0. The predicted molar refractivity (Wildman–Crippen MR) is 142 cm³/mol. The number of rotatable bonds is 9. The number of hydrogen-bond donors (Lipinski definition) is 1. The zero-order valence-electron chi connectivity index (χ0n) is 20.4. The van der Waals surface area contributed by atoms with Crippen molar-refractivity contribution in [3.8, 4) is 17.2 Å². The number of carbonyl (C=O) groups is 2. The van der Waals surface area contributed by atoms with Gasteiger partial charge in [0.2, 0.25) is 0 Å². The molecule has 1 aliphatic rings. The van der Waals surface area contributed by atoms with Gasteiger partial charge in [0.05, 0.1) is 24.4 Å². The number of furan rings is 1. The minimum absolute atomic E-state index is 0.0156. The summed E-state index contributed by atoms with van der Waals surface area (Å²) < 4.78 is 17.0. The van der Waals surface area contributed by atoms with Crippen LogP contribution in [0.5, 0.6) is 17.2 Å². The van der Waals surface area contributed by atoms with Crippen molar-refractivity contribution in [1.29, 1.82) is 0 Å². The van der Waals surface area contributed by atoms with Crippen LogP contribution in [-0.2, 0) is 16.1 Å². The molecule has 3 aromatic carbocycles. The minimum atomic E-state index is -0.865. The lowest BCUT2D eigenvalue weighted by atomic mass is 9.95. The number of Topliss-reactive ketones (excluding diaryl/α,β-unsaturated/α-hetero) is 1. The smallest absolute Gasteiger partial charge is 0.296 e. The molecule has 1 fully saturated rings. The van der Waals surface area contributed by atoms with E-state index in [-0.39, 0.29) is 17.9 Å². The van der Waals surface area contributed by atoms with E-state index in [1.54, 1.807) is 66.7 Å². The summed E-state index contributed by atoms with van der Waals surface area (Å²) >= 11 is 0. The number of hydrogen-bond acceptors (Lipinski definition) is 6. The Hall–Kier alpha value is -5.04. The quantitative estimate of drug-likeness (QED) is 0.125. The fourth-order valence-electron chi connectivity index (χ4n) is 4.35. The van der Waals surface area contributed by atoms with Gasteiger partial charge in [0.25, 0.3) is 11.7 Å². The van der Waals surface area contributed by atoms with Gasteiger partial charge < -0.3 is 23.9 Å². The number of para-hydroxylation sites is 1. The summed E-state index contributed by atoms with van der Waals surface area (Å²) in [6.07, 6.45) is 3.13. The van der Waals surface area contributed by atoms with E-state index in [0.29, 0.717) is 40.7 Å². The van der Waals surface area contributed by atoms with Crippen LogP contribution in [0.3, 0.4) is 0 Å². The van der Waals surface area contributed by atoms with Gasteiger partial charge in [-0.05, 0) is 66.2 Å². The van der Waals surface area contributed by atoms with Crippen LogP contribution in [0.2, 0.25) is 0 Å². The van der Waals surface area contributed by atoms with Crippen LogP contribution in [0.25, 0.3) is 5.76 Å². The first-order chi connectivity index (χ1) is 18.5. The zero-order valence-corrected chi connectivity index (χ0v) is 20.4. The third-order valence-electron chi connectivity index (χ3n) is 6.09. The van der Waals surface area contributed by atoms with Crippen LogP contribution in [0, 0.1) is 0 Å². The first-order valence-electron chi connectivity index (χ1n) is 12.0. The maximum Gasteiger partial charge on any atom is 0.296 e. The summed E-state index contributed by atoms with van der Waals surface area (Å²) in [5.41, 5.74) is 0.975. The van der Waals surface area contributed by atoms with Gasteiger partial charge in [0.15, 0.2) is 0 Å². The third-order valence-corrected chi connectivity index (χ3v) is 6.09. The molecule has 0 bridgehead atoms. The lowest BCUT2D eigenvalue weighted by Crippen LogP contribution is -2.29. The van der Waals surface area contributed by atoms with Gasteiger partial charge in [-0.25, -0.2) is 0 Å². The number of ether oxygens (including phenoxy) is 2. The van der Waals surface area contributed by atoms with Crippen molar-refractivity contribution in [3.05, 3.63) is 132 Å². The van der Waals surface area contributed by atoms with E-state index in [4.69, 9.17) is 13.9 Å². The minimum Gasteiger partial charge on any atom is -0.507 e. The van der Waals surface area contributed by atoms with Gasteiger partial charge in [-0.2, -0.15) is 0 Å². The molecule has 190 valence electrons. The molecule has 5 rings (SSSR count). The number of likely N-dealkylation sites (tertiary alicyclic amines) is 1. The van der Waals surface area contributed by atoms with Crippen molar-refractivity contribution in [2.45, 2.75) is 12.6 Å². The molecule has 7 heteroatoms. The number of aliphatic hydroxyl groups is 1. The summed E-state index contributed by atoms with van der Waals surface area (Å²) in [6, 6.07) is 25.6. The standard InChI is InChI=1S/C31H25NO6/c1-2-17-36-23-15-13-21(14-16-23)29(33)27-28(32(31(35)30(27)34)20-26-12-7-18-37-26)22-8-6-11-25(19-22)38-24-9-4-3-5-10-24/h2-16,18-19,28,33H,1,17,20H2. The molecule has 2 heterocycles. The maximum atomic E-state index is 13.3. The Morgan fingerprint density at radius 3 is 2.39 bits per heavy atom. The molecule has 1 aliphatic heterocycles. The second kappa shape index (κ2) is 10.9. The van der Waals surface area contributed by atoms with Gasteiger partial charge in [-0.3, -0.25) is 9.59 Å². The molecule has 38 heavy (non-hydrogen) atoms. The van der Waals surface area contributed by atoms with E-state index < -0.39 is 17.7 Å². The molecule has 1 unspecified atom stereocenters. The molecule has 7 nitrogen and oxygen atoms in total. The van der Waals surface area contributed by atoms with Gasteiger partial charge in [0.1, 0.15) is 35.4 Å². The molecule has 1 N–H and O–H groups in total. The number of aliphatic hydroxyl groups excluding tert-OH is 1. The van der Waals surface area contributed by atoms with Gasteiger partial charge >= 0.3 is 0 Å². The van der Waals surface area contributed by atoms with Crippen molar-refractivity contribution < 1.29 is 28.6 Å². The molecule has 0 saturated carbocycles. The van der Waals surface area contributed by atoms with E-state index in [1.807, 2.05) is 30.3 Å². The Labute approximate surface area is 219 Å². The van der Waals surface area contributed by atoms with Crippen molar-refractivity contribution in [1.82, 2.24) is 4.90 Å². The molecule has 1 atom stereocenters. The number of ketones is 1. The van der Waals surface area contributed by atoms with Gasteiger partial charge in [-0.1, -0.05) is 43.0 Å². The topological polar surface area (TPSA) is 89.2 Å². The normalized spacial score (nSPS) is 16.4. The van der Waals surface area contributed by atoms with Crippen LogP contribution < -0.4 is 9.47 Å². The van der Waals surface area contributed by atoms with Crippen LogP contribution in [0.4, 0.5) is 0 Å². The Bertz CT molecular complexity index is 1470. The van der Waals surface area contributed by atoms with Crippen molar-refractivity contribution >= 4 is 17.4 Å². The Kier molecular flexibility index (Phi) is 7.08. The van der Waals surface area contributed by atoms with Crippen molar-refractivity contribution in [2.24, 2.45) is 0 Å². The SMILES string of the molecule is C=CCOc1ccc(C(O)=C2C(=O)C(=O)N(Cc3ccco3)C2c2cccc(Oc3ccccc3)c2)cc1. The molecule has 1 amide bonds. The molecule has 1 saturated heterocycles. The average Bonchev–Trinajstić information content (AvgIpc) is 3.55. The highest BCUT2D eigenvalue weighted by atomic mass is 16.5. The number of nitrogens with zero attached hydrogens (tertiary/aromatic N) is 1. The summed E-state index contributed by atoms with van der Waals surface area (Å²) in [6.45, 7) is 4.02. The van der Waals surface area contributed by atoms with E-state index in [1.165, 1.54) is 11.2 Å². The molecule has 4 aromatic rings. The largest absolute Gasteiger partial charge is 0.507 e. The van der Waals surface area contributed by atoms with Crippen LogP contribution in [-0.4, -0.2) is 28.3 Å². The van der Waals surface area contributed by atoms with E-state index >= 15 is 0 Å². The van der Waals surface area contributed by atoms with Gasteiger partial charge in [-0.15, -0.1) is 0 Å². The van der Waals surface area contributed by atoms with Gasteiger partial charge in [0, 0.05) is 5.56 Å². The summed E-state index contributed by atoms with van der Waals surface area (Å²) in [5.74, 6) is 0.488. The van der Waals surface area contributed by atoms with Crippen molar-refractivity contribution in [2.75, 3.05) is 6.61 Å². The highest BCUT2D eigenvalue weighted by molar-refractivity contribution is 6.46. The van der Waals surface area contributed by atoms with E-state index in [9.17, 15) is 14.7 Å². The Morgan fingerprint density at radius 2 is 1.68 bits per heavy atom. The Morgan fingerprint density at radius 1 is 0.921 bits per heavy atom. The second-order valence-corrected chi connectivity index (χ2v) is 8.62. The number of carbonyl (C=O) groups excluding carboxylic acids is 2. The lowest BCUT2D eigenvalue weighted by molar-refractivity contribution is -0.140. The summed E-state index contributed by atoms with van der Waals surface area (Å²) in [7, 11) is 0. The fourth-order valence-corrected chi connectivity index (χ4v) is 4.35.